The van der Waals surface area contributed by atoms with Crippen LogP contribution < -0.4 is 20.1 Å². The van der Waals surface area contributed by atoms with Crippen molar-refractivity contribution in [3.05, 3.63) is 83.7 Å². The van der Waals surface area contributed by atoms with Crippen LogP contribution in [-0.4, -0.2) is 25.5 Å². The Labute approximate surface area is 192 Å². The van der Waals surface area contributed by atoms with Crippen molar-refractivity contribution in [2.24, 2.45) is 0 Å². The van der Waals surface area contributed by atoms with Crippen LogP contribution in [0.1, 0.15) is 35.7 Å². The number of methoxy groups -OCH3 is 1. The molecule has 0 unspecified atom stereocenters. The molecule has 0 aliphatic rings. The lowest BCUT2D eigenvalue weighted by molar-refractivity contribution is -0.118. The summed E-state index contributed by atoms with van der Waals surface area (Å²) in [5.41, 5.74) is 2.80. The van der Waals surface area contributed by atoms with Crippen LogP contribution in [0.2, 0.25) is 0 Å². The lowest BCUT2D eigenvalue weighted by Crippen LogP contribution is -2.20. The molecule has 3 aromatic carbocycles. The fraction of sp³-hybridized carbons (Fsp3) is 0.231. The Balaban J connectivity index is 1.58. The van der Waals surface area contributed by atoms with Gasteiger partial charge in [-0.15, -0.1) is 0 Å². The van der Waals surface area contributed by atoms with Gasteiger partial charge in [0.2, 0.25) is 0 Å². The number of amides is 2. The Kier molecular flexibility index (Phi) is 8.41. The summed E-state index contributed by atoms with van der Waals surface area (Å²) >= 11 is 0. The molecule has 0 atom stereocenters. The average Bonchev–Trinajstić information content (AvgIpc) is 2.83. The van der Waals surface area contributed by atoms with Crippen molar-refractivity contribution >= 4 is 23.2 Å². The average molecular weight is 451 g/mol. The molecular formula is C26H27FN2O4. The van der Waals surface area contributed by atoms with Gasteiger partial charge in [-0.2, -0.15) is 0 Å². The van der Waals surface area contributed by atoms with Crippen LogP contribution in [0.4, 0.5) is 15.8 Å². The van der Waals surface area contributed by atoms with Gasteiger partial charge in [0, 0.05) is 16.9 Å². The highest BCUT2D eigenvalue weighted by atomic mass is 19.1. The van der Waals surface area contributed by atoms with Crippen molar-refractivity contribution in [1.29, 1.82) is 0 Å². The SMILES string of the molecule is CCCCc1ccc(NC(=O)c2ccc(OCC(=O)Nc3ccc(F)cc3)c(OC)c2)cc1. The van der Waals surface area contributed by atoms with Crippen LogP contribution >= 0.6 is 0 Å². The number of rotatable bonds is 10. The molecule has 3 rings (SSSR count). The van der Waals surface area contributed by atoms with E-state index < -0.39 is 5.91 Å². The molecule has 6 nitrogen and oxygen atoms in total. The molecule has 0 heterocycles. The zero-order valence-electron chi connectivity index (χ0n) is 18.7. The van der Waals surface area contributed by atoms with Gasteiger partial charge in [-0.1, -0.05) is 25.5 Å². The lowest BCUT2D eigenvalue weighted by Gasteiger charge is -2.13. The van der Waals surface area contributed by atoms with E-state index in [1.54, 1.807) is 18.2 Å². The molecule has 0 aliphatic heterocycles. The smallest absolute Gasteiger partial charge is 0.262 e. The van der Waals surface area contributed by atoms with E-state index in [9.17, 15) is 14.0 Å². The Morgan fingerprint density at radius 2 is 1.55 bits per heavy atom. The summed E-state index contributed by atoms with van der Waals surface area (Å²) in [6, 6.07) is 18.0. The van der Waals surface area contributed by atoms with Gasteiger partial charge in [0.1, 0.15) is 5.82 Å². The third-order valence-corrected chi connectivity index (χ3v) is 4.94. The number of aryl methyl sites for hydroxylation is 1. The Morgan fingerprint density at radius 3 is 2.21 bits per heavy atom. The largest absolute Gasteiger partial charge is 0.493 e. The maximum atomic E-state index is 13.0. The van der Waals surface area contributed by atoms with Gasteiger partial charge in [-0.25, -0.2) is 4.39 Å². The standard InChI is InChI=1S/C26H27FN2O4/c1-3-4-5-18-6-11-22(12-7-18)29-26(31)19-8-15-23(24(16-19)32-2)33-17-25(30)28-21-13-9-20(27)10-14-21/h6-16H,3-5,17H2,1-2H3,(H,28,30)(H,29,31). The van der Waals surface area contributed by atoms with Crippen molar-refractivity contribution in [3.63, 3.8) is 0 Å². The first-order chi connectivity index (χ1) is 16.0. The number of benzene rings is 3. The molecule has 33 heavy (non-hydrogen) atoms. The van der Waals surface area contributed by atoms with E-state index in [0.717, 1.165) is 19.3 Å². The Morgan fingerprint density at radius 1 is 0.879 bits per heavy atom. The second-order valence-corrected chi connectivity index (χ2v) is 7.46. The van der Waals surface area contributed by atoms with Crippen LogP contribution in [0.15, 0.2) is 66.7 Å². The predicted molar refractivity (Wildman–Crippen MR) is 127 cm³/mol. The van der Waals surface area contributed by atoms with E-state index in [0.29, 0.717) is 28.4 Å². The summed E-state index contributed by atoms with van der Waals surface area (Å²) < 4.78 is 23.8. The van der Waals surface area contributed by atoms with Gasteiger partial charge in [-0.05, 0) is 73.0 Å². The molecular weight excluding hydrogens is 423 g/mol. The van der Waals surface area contributed by atoms with Crippen molar-refractivity contribution in [2.75, 3.05) is 24.4 Å². The first-order valence-corrected chi connectivity index (χ1v) is 10.7. The molecule has 0 spiro atoms. The molecule has 0 saturated heterocycles. The number of anilines is 2. The van der Waals surface area contributed by atoms with E-state index in [2.05, 4.69) is 17.6 Å². The first-order valence-electron chi connectivity index (χ1n) is 10.7. The van der Waals surface area contributed by atoms with E-state index >= 15 is 0 Å². The van der Waals surface area contributed by atoms with Crippen LogP contribution in [0.5, 0.6) is 11.5 Å². The summed E-state index contributed by atoms with van der Waals surface area (Å²) in [5, 5.41) is 5.48. The van der Waals surface area contributed by atoms with Gasteiger partial charge in [-0.3, -0.25) is 9.59 Å². The highest BCUT2D eigenvalue weighted by molar-refractivity contribution is 6.04. The third-order valence-electron chi connectivity index (χ3n) is 4.94. The zero-order chi connectivity index (χ0) is 23.6. The number of nitrogens with one attached hydrogen (secondary N) is 2. The monoisotopic (exact) mass is 450 g/mol. The fourth-order valence-corrected chi connectivity index (χ4v) is 3.14. The minimum Gasteiger partial charge on any atom is -0.493 e. The quantitative estimate of drug-likeness (QED) is 0.431. The van der Waals surface area contributed by atoms with Crippen molar-refractivity contribution in [3.8, 4) is 11.5 Å². The molecule has 0 bridgehead atoms. The minimum atomic E-state index is -0.409. The summed E-state index contributed by atoms with van der Waals surface area (Å²) in [4.78, 5) is 24.7. The minimum absolute atomic E-state index is 0.274. The topological polar surface area (TPSA) is 76.7 Å². The maximum absolute atomic E-state index is 13.0. The Hall–Kier alpha value is -3.87. The van der Waals surface area contributed by atoms with Crippen molar-refractivity contribution < 1.29 is 23.5 Å². The van der Waals surface area contributed by atoms with E-state index in [4.69, 9.17) is 9.47 Å². The molecule has 172 valence electrons. The summed E-state index contributed by atoms with van der Waals surface area (Å²) in [7, 11) is 1.46. The summed E-state index contributed by atoms with van der Waals surface area (Å²) in [5.74, 6) is -0.430. The number of hydrogen-bond acceptors (Lipinski definition) is 4. The molecule has 2 N–H and O–H groups in total. The summed E-state index contributed by atoms with van der Waals surface area (Å²) in [6.45, 7) is 1.88. The molecule has 2 amide bonds. The van der Waals surface area contributed by atoms with Gasteiger partial charge >= 0.3 is 0 Å². The van der Waals surface area contributed by atoms with Crippen molar-refractivity contribution in [1.82, 2.24) is 0 Å². The van der Waals surface area contributed by atoms with Gasteiger partial charge in [0.15, 0.2) is 18.1 Å². The number of carbonyl (C=O) groups is 2. The molecule has 0 radical (unpaired) electrons. The molecule has 0 fully saturated rings. The molecule has 0 saturated carbocycles. The second kappa shape index (κ2) is 11.7. The van der Waals surface area contributed by atoms with Crippen LogP contribution in [0.25, 0.3) is 0 Å². The number of carbonyl (C=O) groups excluding carboxylic acids is 2. The molecule has 7 heteroatoms. The van der Waals surface area contributed by atoms with E-state index in [1.807, 2.05) is 24.3 Å². The van der Waals surface area contributed by atoms with Crippen LogP contribution in [-0.2, 0) is 11.2 Å². The van der Waals surface area contributed by atoms with E-state index in [1.165, 1.54) is 36.9 Å². The first kappa shape index (κ1) is 23.8. The predicted octanol–water partition coefficient (Wildman–Crippen LogP) is 5.45. The third kappa shape index (κ3) is 7.07. The summed E-state index contributed by atoms with van der Waals surface area (Å²) in [6.07, 6.45) is 3.29. The Bertz CT molecular complexity index is 1080. The zero-order valence-corrected chi connectivity index (χ0v) is 18.7. The lowest BCUT2D eigenvalue weighted by atomic mass is 10.1. The van der Waals surface area contributed by atoms with Gasteiger partial charge in [0.25, 0.3) is 11.8 Å². The second-order valence-electron chi connectivity index (χ2n) is 7.46. The molecule has 0 aliphatic carbocycles. The number of halogens is 1. The van der Waals surface area contributed by atoms with Crippen LogP contribution in [0, 0.1) is 5.82 Å². The number of ether oxygens (including phenoxy) is 2. The highest BCUT2D eigenvalue weighted by Gasteiger charge is 2.13. The number of hydrogen-bond donors (Lipinski definition) is 2. The highest BCUT2D eigenvalue weighted by Crippen LogP contribution is 2.28. The number of unbranched alkanes of at least 4 members (excludes halogenated alkanes) is 1. The maximum Gasteiger partial charge on any atom is 0.262 e. The van der Waals surface area contributed by atoms with Gasteiger partial charge in [0.05, 0.1) is 7.11 Å². The van der Waals surface area contributed by atoms with Gasteiger partial charge < -0.3 is 20.1 Å². The molecule has 0 aromatic heterocycles. The van der Waals surface area contributed by atoms with Crippen molar-refractivity contribution in [2.45, 2.75) is 26.2 Å². The van der Waals surface area contributed by atoms with Crippen LogP contribution in [0.3, 0.4) is 0 Å². The fourth-order valence-electron chi connectivity index (χ4n) is 3.14. The van der Waals surface area contributed by atoms with E-state index in [-0.39, 0.29) is 18.3 Å². The normalized spacial score (nSPS) is 10.4. The molecule has 3 aromatic rings.